The summed E-state index contributed by atoms with van der Waals surface area (Å²) < 4.78 is 12.0. The lowest BCUT2D eigenvalue weighted by molar-refractivity contribution is -0.168. The first-order chi connectivity index (χ1) is 18.9. The third kappa shape index (κ3) is 8.67. The number of ether oxygens (including phenoxy) is 2. The Hall–Kier alpha value is -4.18. The Kier molecular flexibility index (Phi) is 10.1. The molecule has 3 rings (SSSR count). The van der Waals surface area contributed by atoms with Crippen molar-refractivity contribution in [2.24, 2.45) is 0 Å². The zero-order valence-corrected chi connectivity index (χ0v) is 23.8. The topological polar surface area (TPSA) is 155 Å². The van der Waals surface area contributed by atoms with Crippen molar-refractivity contribution in [3.05, 3.63) is 70.3 Å². The molecule has 11 nitrogen and oxygen atoms in total. The number of anilines is 3. The van der Waals surface area contributed by atoms with E-state index in [9.17, 15) is 19.8 Å². The van der Waals surface area contributed by atoms with Gasteiger partial charge in [0, 0.05) is 17.8 Å². The van der Waals surface area contributed by atoms with E-state index in [1.165, 1.54) is 6.20 Å². The molecule has 40 heavy (non-hydrogen) atoms. The van der Waals surface area contributed by atoms with Crippen LogP contribution >= 0.6 is 15.9 Å². The second kappa shape index (κ2) is 13.3. The summed E-state index contributed by atoms with van der Waals surface area (Å²) in [5, 5.41) is 27.6. The minimum Gasteiger partial charge on any atom is -0.465 e. The number of hydrogen-bond donors (Lipinski definition) is 5. The Morgan fingerprint density at radius 2 is 1.80 bits per heavy atom. The number of rotatable bonds is 11. The SMILES string of the molecule is C#CCOc1nc(Nc2cc(CO)cc(NC(=O)[C@](Cc3ccccc3)(NC(=O)O)OC(C)(C)C)c2)ncc1Br. The standard InChI is InChI=1S/C28H30BrN5O6/c1-5-11-39-23-22(29)16-30-25(33-23)32-21-13-19(17-35)12-20(14-21)31-24(36)28(34-26(37)38,40-27(2,3)4)15-18-9-7-6-8-10-18/h1,6-10,12-14,16,34-35H,11,15,17H2,2-4H3,(H,31,36)(H,37,38)(H,30,32,33)/t28-/m1/s1. The maximum absolute atomic E-state index is 13.8. The lowest BCUT2D eigenvalue weighted by atomic mass is 9.99. The summed E-state index contributed by atoms with van der Waals surface area (Å²) in [6, 6.07) is 13.7. The van der Waals surface area contributed by atoms with Crippen molar-refractivity contribution in [3.8, 4) is 18.2 Å². The van der Waals surface area contributed by atoms with Crippen LogP contribution in [0.4, 0.5) is 22.1 Å². The molecule has 0 aliphatic carbocycles. The van der Waals surface area contributed by atoms with Gasteiger partial charge in [0.1, 0.15) is 0 Å². The third-order valence-electron chi connectivity index (χ3n) is 5.15. The summed E-state index contributed by atoms with van der Waals surface area (Å²) in [5.74, 6) is 2.01. The molecule has 0 spiro atoms. The molecule has 5 N–H and O–H groups in total. The summed E-state index contributed by atoms with van der Waals surface area (Å²) >= 11 is 3.30. The molecule has 0 fully saturated rings. The largest absolute Gasteiger partial charge is 0.465 e. The van der Waals surface area contributed by atoms with Crippen LogP contribution in [-0.4, -0.2) is 50.1 Å². The van der Waals surface area contributed by atoms with Gasteiger partial charge in [-0.1, -0.05) is 36.3 Å². The van der Waals surface area contributed by atoms with Gasteiger partial charge in [-0.25, -0.2) is 9.78 Å². The van der Waals surface area contributed by atoms with Crippen LogP contribution in [0.2, 0.25) is 0 Å². The van der Waals surface area contributed by atoms with Crippen molar-refractivity contribution >= 4 is 45.3 Å². The van der Waals surface area contributed by atoms with Crippen LogP contribution in [0.3, 0.4) is 0 Å². The zero-order chi connectivity index (χ0) is 29.3. The van der Waals surface area contributed by atoms with E-state index in [4.69, 9.17) is 15.9 Å². The molecule has 0 saturated carbocycles. The van der Waals surface area contributed by atoms with E-state index in [2.05, 4.69) is 47.8 Å². The number of benzene rings is 2. The van der Waals surface area contributed by atoms with Crippen molar-refractivity contribution in [1.29, 1.82) is 0 Å². The Morgan fingerprint density at radius 1 is 1.10 bits per heavy atom. The number of halogens is 1. The average Bonchev–Trinajstić information content (AvgIpc) is 2.88. The molecule has 2 aromatic carbocycles. The molecule has 2 amide bonds. The van der Waals surface area contributed by atoms with Crippen molar-refractivity contribution in [2.45, 2.75) is 45.1 Å². The van der Waals surface area contributed by atoms with E-state index >= 15 is 0 Å². The number of nitrogens with zero attached hydrogens (tertiary/aromatic N) is 2. The Labute approximate surface area is 240 Å². The molecular weight excluding hydrogens is 582 g/mol. The van der Waals surface area contributed by atoms with Crippen molar-refractivity contribution < 1.29 is 29.3 Å². The van der Waals surface area contributed by atoms with Crippen molar-refractivity contribution in [1.82, 2.24) is 15.3 Å². The number of aromatic nitrogens is 2. The smallest absolute Gasteiger partial charge is 0.407 e. The molecule has 0 radical (unpaired) electrons. The highest BCUT2D eigenvalue weighted by molar-refractivity contribution is 9.10. The van der Waals surface area contributed by atoms with Gasteiger partial charge in [-0.15, -0.1) is 6.42 Å². The Balaban J connectivity index is 1.96. The number of terminal acetylenes is 1. The zero-order valence-electron chi connectivity index (χ0n) is 22.2. The normalized spacial score (nSPS) is 12.5. The number of aliphatic hydroxyl groups is 1. The fraction of sp³-hybridized carbons (Fsp3) is 0.286. The van der Waals surface area contributed by atoms with Gasteiger partial charge in [-0.05, 0) is 66.0 Å². The fourth-order valence-corrected chi connectivity index (χ4v) is 4.09. The second-order valence-corrected chi connectivity index (χ2v) is 10.5. The Bertz CT molecular complexity index is 1390. The molecule has 0 saturated heterocycles. The van der Waals surface area contributed by atoms with Gasteiger partial charge in [0.15, 0.2) is 6.61 Å². The summed E-state index contributed by atoms with van der Waals surface area (Å²) in [7, 11) is 0. The number of nitrogens with one attached hydrogen (secondary N) is 3. The first-order valence-electron chi connectivity index (χ1n) is 12.1. The second-order valence-electron chi connectivity index (χ2n) is 9.63. The quantitative estimate of drug-likeness (QED) is 0.156. The predicted octanol–water partition coefficient (Wildman–Crippen LogP) is 4.45. The van der Waals surface area contributed by atoms with Crippen molar-refractivity contribution in [2.75, 3.05) is 17.2 Å². The monoisotopic (exact) mass is 611 g/mol. The lowest BCUT2D eigenvalue weighted by Crippen LogP contribution is -2.62. The number of aliphatic hydroxyl groups excluding tert-OH is 1. The molecule has 210 valence electrons. The minimum atomic E-state index is -1.98. The van der Waals surface area contributed by atoms with Gasteiger partial charge in [-0.2, -0.15) is 4.98 Å². The molecule has 3 aromatic rings. The summed E-state index contributed by atoms with van der Waals surface area (Å²) in [5.41, 5.74) is -1.04. The maximum atomic E-state index is 13.8. The van der Waals surface area contributed by atoms with Gasteiger partial charge in [-0.3, -0.25) is 10.1 Å². The molecule has 1 atom stereocenters. The van der Waals surface area contributed by atoms with Crippen LogP contribution in [0, 0.1) is 12.3 Å². The maximum Gasteiger partial charge on any atom is 0.407 e. The van der Waals surface area contributed by atoms with Crippen LogP contribution in [0.1, 0.15) is 31.9 Å². The molecule has 0 unspecified atom stereocenters. The van der Waals surface area contributed by atoms with Gasteiger partial charge in [0.2, 0.25) is 17.6 Å². The number of carbonyl (C=O) groups is 2. The Morgan fingerprint density at radius 3 is 2.42 bits per heavy atom. The van der Waals surface area contributed by atoms with Crippen molar-refractivity contribution in [3.63, 3.8) is 0 Å². The van der Waals surface area contributed by atoms with Gasteiger partial charge < -0.3 is 30.3 Å². The van der Waals surface area contributed by atoms with Crippen LogP contribution < -0.4 is 20.7 Å². The highest BCUT2D eigenvalue weighted by Crippen LogP contribution is 2.28. The van der Waals surface area contributed by atoms with Gasteiger partial charge >= 0.3 is 6.09 Å². The van der Waals surface area contributed by atoms with Crippen LogP contribution in [0.25, 0.3) is 0 Å². The fourth-order valence-electron chi connectivity index (χ4n) is 3.78. The first-order valence-corrected chi connectivity index (χ1v) is 12.9. The minimum absolute atomic E-state index is 0.0109. The molecule has 12 heteroatoms. The van der Waals surface area contributed by atoms with E-state index in [-0.39, 0.29) is 37.2 Å². The van der Waals surface area contributed by atoms with E-state index in [1.807, 2.05) is 6.07 Å². The van der Waals surface area contributed by atoms with Gasteiger partial charge in [0.25, 0.3) is 5.91 Å². The summed E-state index contributed by atoms with van der Waals surface area (Å²) in [6.07, 6.45) is 5.23. The van der Waals surface area contributed by atoms with Crippen LogP contribution in [-0.2, 0) is 22.6 Å². The molecule has 1 heterocycles. The third-order valence-corrected chi connectivity index (χ3v) is 5.69. The van der Waals surface area contributed by atoms with E-state index in [0.717, 1.165) is 0 Å². The highest BCUT2D eigenvalue weighted by Gasteiger charge is 2.45. The summed E-state index contributed by atoms with van der Waals surface area (Å²) in [6.45, 7) is 4.83. The van der Waals surface area contributed by atoms with Crippen LogP contribution in [0.15, 0.2) is 59.2 Å². The molecule has 1 aromatic heterocycles. The number of hydrogen-bond acceptors (Lipinski definition) is 8. The predicted molar refractivity (Wildman–Crippen MR) is 153 cm³/mol. The van der Waals surface area contributed by atoms with E-state index < -0.39 is 23.3 Å². The molecule has 0 aliphatic rings. The van der Waals surface area contributed by atoms with E-state index in [1.54, 1.807) is 63.2 Å². The highest BCUT2D eigenvalue weighted by atomic mass is 79.9. The first kappa shape index (κ1) is 30.4. The number of carbonyl (C=O) groups excluding carboxylic acids is 1. The molecular formula is C28H30BrN5O6. The number of amides is 2. The average molecular weight is 612 g/mol. The van der Waals surface area contributed by atoms with E-state index in [0.29, 0.717) is 21.3 Å². The van der Waals surface area contributed by atoms with Crippen LogP contribution in [0.5, 0.6) is 5.88 Å². The number of carboxylic acid groups (broad SMARTS) is 1. The summed E-state index contributed by atoms with van der Waals surface area (Å²) in [4.78, 5) is 34.1. The molecule has 0 bridgehead atoms. The van der Waals surface area contributed by atoms with Gasteiger partial charge in [0.05, 0.1) is 22.9 Å². The lowest BCUT2D eigenvalue weighted by Gasteiger charge is -2.38. The molecule has 0 aliphatic heterocycles.